The third-order valence-corrected chi connectivity index (χ3v) is 5.38. The Labute approximate surface area is 190 Å². The average molecular weight is 548 g/mol. The van der Waals surface area contributed by atoms with Crippen molar-refractivity contribution in [3.05, 3.63) is 16.1 Å². The Bertz CT molecular complexity index is 682. The lowest BCUT2D eigenvalue weighted by Gasteiger charge is -2.24. The predicted molar refractivity (Wildman–Crippen MR) is 119 cm³/mol. The number of likely N-dealkylation sites (tertiary alicyclic amines) is 1. The maximum Gasteiger partial charge on any atom is 0.434 e. The Hall–Kier alpha value is -1.15. The van der Waals surface area contributed by atoms with E-state index in [-0.39, 0.29) is 43.0 Å². The first-order valence-corrected chi connectivity index (χ1v) is 10.1. The van der Waals surface area contributed by atoms with Crippen LogP contribution in [0.25, 0.3) is 0 Å². The molecule has 0 aliphatic carbocycles. The average Bonchev–Trinajstić information content (AvgIpc) is 3.29. The molecule has 0 saturated carbocycles. The number of alkyl halides is 3. The number of nitrogens with zero attached hydrogens (tertiary/aromatic N) is 4. The molecule has 1 aromatic rings. The highest BCUT2D eigenvalue weighted by molar-refractivity contribution is 14.0. The second-order valence-electron chi connectivity index (χ2n) is 6.74. The third kappa shape index (κ3) is 8.24. The highest BCUT2D eigenvalue weighted by atomic mass is 127. The first kappa shape index (κ1) is 25.9. The molecule has 0 spiro atoms. The zero-order valence-electron chi connectivity index (χ0n) is 16.8. The van der Waals surface area contributed by atoms with Crippen molar-refractivity contribution in [1.29, 1.82) is 0 Å². The summed E-state index contributed by atoms with van der Waals surface area (Å²) < 4.78 is 38.1. The van der Waals surface area contributed by atoms with E-state index in [0.29, 0.717) is 23.6 Å². The number of amides is 1. The SMILES string of the molecule is CCN1CCCC1CNC(=NCC(=O)N(C)C)NCc1nc(C(F)(F)F)cs1.I. The minimum atomic E-state index is -4.45. The van der Waals surface area contributed by atoms with E-state index in [2.05, 4.69) is 32.4 Å². The monoisotopic (exact) mass is 548 g/mol. The molecule has 1 amide bonds. The number of likely N-dealkylation sites (N-methyl/N-ethyl adjacent to an activating group) is 2. The molecule has 12 heteroatoms. The van der Waals surface area contributed by atoms with E-state index in [9.17, 15) is 18.0 Å². The van der Waals surface area contributed by atoms with Crippen molar-refractivity contribution in [2.75, 3.05) is 40.3 Å². The second kappa shape index (κ2) is 11.9. The van der Waals surface area contributed by atoms with Gasteiger partial charge in [0.25, 0.3) is 0 Å². The highest BCUT2D eigenvalue weighted by Gasteiger charge is 2.33. The van der Waals surface area contributed by atoms with Crippen molar-refractivity contribution in [3.8, 4) is 0 Å². The summed E-state index contributed by atoms with van der Waals surface area (Å²) >= 11 is 0.935. The summed E-state index contributed by atoms with van der Waals surface area (Å²) in [5, 5.41) is 7.49. The molecule has 0 aromatic carbocycles. The summed E-state index contributed by atoms with van der Waals surface area (Å²) in [4.78, 5) is 23.5. The summed E-state index contributed by atoms with van der Waals surface area (Å²) in [6.07, 6.45) is -2.24. The van der Waals surface area contributed by atoms with Crippen molar-refractivity contribution in [2.24, 2.45) is 4.99 Å². The minimum absolute atomic E-state index is 0. The predicted octanol–water partition coefficient (Wildman–Crippen LogP) is 2.39. The van der Waals surface area contributed by atoms with Crippen molar-refractivity contribution in [1.82, 2.24) is 25.4 Å². The van der Waals surface area contributed by atoms with Gasteiger partial charge < -0.3 is 15.5 Å². The zero-order chi connectivity index (χ0) is 20.7. The smallest absolute Gasteiger partial charge is 0.355 e. The number of aromatic nitrogens is 1. The number of guanidine groups is 1. The van der Waals surface area contributed by atoms with Gasteiger partial charge in [0.1, 0.15) is 11.6 Å². The largest absolute Gasteiger partial charge is 0.434 e. The first-order valence-electron chi connectivity index (χ1n) is 9.18. The highest BCUT2D eigenvalue weighted by Crippen LogP contribution is 2.29. The van der Waals surface area contributed by atoms with Crippen LogP contribution in [0.3, 0.4) is 0 Å². The van der Waals surface area contributed by atoms with E-state index in [4.69, 9.17) is 0 Å². The molecule has 1 unspecified atom stereocenters. The summed E-state index contributed by atoms with van der Waals surface area (Å²) in [7, 11) is 3.29. The van der Waals surface area contributed by atoms with Crippen LogP contribution in [0, 0.1) is 0 Å². The number of hydrogen-bond acceptors (Lipinski definition) is 5. The fourth-order valence-corrected chi connectivity index (χ4v) is 3.64. The summed E-state index contributed by atoms with van der Waals surface area (Å²) in [5.41, 5.74) is -0.895. The van der Waals surface area contributed by atoms with Crippen LogP contribution >= 0.6 is 35.3 Å². The fourth-order valence-electron chi connectivity index (χ4n) is 2.90. The lowest BCUT2D eigenvalue weighted by molar-refractivity contribution is -0.140. The number of hydrogen-bond donors (Lipinski definition) is 2. The molecule has 2 rings (SSSR count). The molecular weight excluding hydrogens is 520 g/mol. The van der Waals surface area contributed by atoms with Crippen LogP contribution < -0.4 is 10.6 Å². The topological polar surface area (TPSA) is 72.9 Å². The summed E-state index contributed by atoms with van der Waals surface area (Å²) in [6, 6.07) is 0.373. The molecular formula is C17H28F3IN6OS. The standard InChI is InChI=1S/C17H27F3N6OS.HI/c1-4-26-7-5-6-12(26)8-21-16(23-10-15(27)25(2)3)22-9-14-24-13(11-28-14)17(18,19)20;/h11-12H,4-10H2,1-3H3,(H2,21,22,23);1H. The molecule has 7 nitrogen and oxygen atoms in total. The van der Waals surface area contributed by atoms with Gasteiger partial charge in [-0.2, -0.15) is 13.2 Å². The van der Waals surface area contributed by atoms with Gasteiger partial charge >= 0.3 is 6.18 Å². The molecule has 2 heterocycles. The molecule has 1 atom stereocenters. The van der Waals surface area contributed by atoms with E-state index in [1.807, 2.05) is 0 Å². The van der Waals surface area contributed by atoms with Gasteiger partial charge in [0, 0.05) is 32.1 Å². The van der Waals surface area contributed by atoms with Crippen LogP contribution in [-0.2, 0) is 17.5 Å². The van der Waals surface area contributed by atoms with E-state index in [1.165, 1.54) is 4.90 Å². The van der Waals surface area contributed by atoms with Crippen LogP contribution in [0.5, 0.6) is 0 Å². The molecule has 1 aliphatic rings. The maximum absolute atomic E-state index is 12.7. The Balaban J connectivity index is 0.00000420. The van der Waals surface area contributed by atoms with Crippen molar-refractivity contribution < 1.29 is 18.0 Å². The number of carbonyl (C=O) groups excluding carboxylic acids is 1. The van der Waals surface area contributed by atoms with Gasteiger partial charge in [-0.15, -0.1) is 35.3 Å². The zero-order valence-corrected chi connectivity index (χ0v) is 19.9. The molecule has 2 N–H and O–H groups in total. The van der Waals surface area contributed by atoms with Gasteiger partial charge in [0.05, 0.1) is 6.54 Å². The van der Waals surface area contributed by atoms with Crippen molar-refractivity contribution in [3.63, 3.8) is 0 Å². The van der Waals surface area contributed by atoms with E-state index in [0.717, 1.165) is 42.6 Å². The number of carbonyl (C=O) groups is 1. The van der Waals surface area contributed by atoms with Crippen molar-refractivity contribution >= 4 is 47.2 Å². The molecule has 0 radical (unpaired) electrons. The Morgan fingerprint density at radius 2 is 2.14 bits per heavy atom. The molecule has 1 aliphatic heterocycles. The van der Waals surface area contributed by atoms with E-state index < -0.39 is 11.9 Å². The minimum Gasteiger partial charge on any atom is -0.355 e. The summed E-state index contributed by atoms with van der Waals surface area (Å²) in [5.74, 6) is 0.229. The lowest BCUT2D eigenvalue weighted by Crippen LogP contribution is -2.45. The van der Waals surface area contributed by atoms with Gasteiger partial charge in [-0.05, 0) is 25.9 Å². The molecule has 1 aromatic heterocycles. The normalized spacial score (nSPS) is 17.7. The first-order chi connectivity index (χ1) is 13.2. The summed E-state index contributed by atoms with van der Waals surface area (Å²) in [6.45, 7) is 4.84. The van der Waals surface area contributed by atoms with Crippen LogP contribution in [-0.4, -0.2) is 73.0 Å². The molecule has 0 bridgehead atoms. The van der Waals surface area contributed by atoms with Gasteiger partial charge in [-0.3, -0.25) is 9.69 Å². The van der Waals surface area contributed by atoms with E-state index >= 15 is 0 Å². The van der Waals surface area contributed by atoms with Gasteiger partial charge in [0.15, 0.2) is 11.7 Å². The third-order valence-electron chi connectivity index (χ3n) is 4.53. The molecule has 166 valence electrons. The second-order valence-corrected chi connectivity index (χ2v) is 7.68. The number of thiazole rings is 1. The Morgan fingerprint density at radius 1 is 1.41 bits per heavy atom. The van der Waals surface area contributed by atoms with Crippen LogP contribution in [0.1, 0.15) is 30.5 Å². The lowest BCUT2D eigenvalue weighted by atomic mass is 10.2. The Morgan fingerprint density at radius 3 is 2.72 bits per heavy atom. The van der Waals surface area contributed by atoms with E-state index in [1.54, 1.807) is 14.1 Å². The molecule has 1 fully saturated rings. The number of rotatable bonds is 7. The molecule has 1 saturated heterocycles. The Kier molecular flexibility index (Phi) is 10.6. The maximum atomic E-state index is 12.7. The number of nitrogens with one attached hydrogen (secondary N) is 2. The van der Waals surface area contributed by atoms with Gasteiger partial charge in [-0.25, -0.2) is 9.98 Å². The van der Waals surface area contributed by atoms with Crippen LogP contribution in [0.4, 0.5) is 13.2 Å². The van der Waals surface area contributed by atoms with Gasteiger partial charge in [-0.1, -0.05) is 6.92 Å². The number of aliphatic imine (C=N–C) groups is 1. The van der Waals surface area contributed by atoms with Crippen LogP contribution in [0.15, 0.2) is 10.4 Å². The van der Waals surface area contributed by atoms with Crippen molar-refractivity contribution in [2.45, 2.75) is 38.5 Å². The van der Waals surface area contributed by atoms with Crippen LogP contribution in [0.2, 0.25) is 0 Å². The quantitative estimate of drug-likeness (QED) is 0.311. The number of halogens is 4. The van der Waals surface area contributed by atoms with Gasteiger partial charge in [0.2, 0.25) is 5.91 Å². The fraction of sp³-hybridized carbons (Fsp3) is 0.706. The molecule has 29 heavy (non-hydrogen) atoms.